The third-order valence-corrected chi connectivity index (χ3v) is 5.89. The van der Waals surface area contributed by atoms with E-state index in [1.165, 1.54) is 18.3 Å². The van der Waals surface area contributed by atoms with Gasteiger partial charge in [0, 0.05) is 17.5 Å². The number of carbonyl (C=O) groups excluding carboxylic acids is 1. The van der Waals surface area contributed by atoms with Crippen molar-refractivity contribution >= 4 is 24.8 Å². The Morgan fingerprint density at radius 1 is 1.14 bits per heavy atom. The minimum Gasteiger partial charge on any atom is -0.465 e. The van der Waals surface area contributed by atoms with Gasteiger partial charge in [0.25, 0.3) is 0 Å². The molecule has 3 rings (SSSR count). The molecule has 1 fully saturated rings. The summed E-state index contributed by atoms with van der Waals surface area (Å²) in [6.45, 7) is 13.2. The second kappa shape index (κ2) is 9.66. The number of halogens is 1. The number of rotatable bonds is 5. The number of benzene rings is 1. The molecular formula is C24H31BFN3O7. The lowest BCUT2D eigenvalue weighted by molar-refractivity contribution is 0.00578. The Labute approximate surface area is 209 Å². The molecule has 12 heteroatoms. The number of amides is 2. The predicted molar refractivity (Wildman–Crippen MR) is 129 cm³/mol. The highest BCUT2D eigenvalue weighted by molar-refractivity contribution is 6.62. The Morgan fingerprint density at radius 3 is 2.28 bits per heavy atom. The van der Waals surface area contributed by atoms with Crippen LogP contribution < -0.4 is 10.2 Å². The molecular weight excluding hydrogens is 472 g/mol. The second-order valence-electron chi connectivity index (χ2n) is 10.5. The zero-order valence-corrected chi connectivity index (χ0v) is 21.7. The summed E-state index contributed by atoms with van der Waals surface area (Å²) in [5, 5.41) is 9.74. The zero-order chi connectivity index (χ0) is 27.1. The molecule has 0 unspecified atom stereocenters. The third-order valence-electron chi connectivity index (χ3n) is 5.89. The average molecular weight is 503 g/mol. The van der Waals surface area contributed by atoms with Gasteiger partial charge in [-0.05, 0) is 73.0 Å². The molecule has 0 aliphatic carbocycles. The number of imide groups is 1. The van der Waals surface area contributed by atoms with Crippen molar-refractivity contribution in [3.05, 3.63) is 41.5 Å². The van der Waals surface area contributed by atoms with Gasteiger partial charge in [0.05, 0.1) is 17.7 Å². The van der Waals surface area contributed by atoms with Gasteiger partial charge in [-0.1, -0.05) is 6.07 Å². The Kier molecular flexibility index (Phi) is 7.34. The molecule has 1 aliphatic rings. The van der Waals surface area contributed by atoms with Crippen LogP contribution in [-0.2, 0) is 20.6 Å². The van der Waals surface area contributed by atoms with Gasteiger partial charge in [-0.2, -0.15) is 0 Å². The topological polar surface area (TPSA) is 120 Å². The molecule has 1 aliphatic heterocycles. The molecule has 0 atom stereocenters. The monoisotopic (exact) mass is 503 g/mol. The smallest absolute Gasteiger partial charge is 0.465 e. The van der Waals surface area contributed by atoms with Gasteiger partial charge < -0.3 is 23.9 Å². The lowest BCUT2D eigenvalue weighted by Gasteiger charge is -2.32. The first-order chi connectivity index (χ1) is 16.5. The SMILES string of the molecule is Cc1ccnc(Oc2ccc(B3OC(C)(C)C(C)(C)O3)c(CN(C(=O)O)C(=O)OC(C)(C)C)c2F)n1. The highest BCUT2D eigenvalue weighted by Gasteiger charge is 2.52. The van der Waals surface area contributed by atoms with Crippen LogP contribution in [-0.4, -0.2) is 56.1 Å². The molecule has 36 heavy (non-hydrogen) atoms. The summed E-state index contributed by atoms with van der Waals surface area (Å²) >= 11 is 0. The summed E-state index contributed by atoms with van der Waals surface area (Å²) in [6.07, 6.45) is -1.30. The molecule has 0 spiro atoms. The van der Waals surface area contributed by atoms with Gasteiger partial charge in [-0.3, -0.25) is 0 Å². The summed E-state index contributed by atoms with van der Waals surface area (Å²) in [7, 11) is -1.03. The minimum absolute atomic E-state index is 0.0922. The van der Waals surface area contributed by atoms with Crippen molar-refractivity contribution in [3.8, 4) is 11.8 Å². The molecule has 1 N–H and O–H groups in total. The van der Waals surface area contributed by atoms with Crippen LogP contribution in [0.1, 0.15) is 59.7 Å². The van der Waals surface area contributed by atoms with E-state index in [0.717, 1.165) is 0 Å². The van der Waals surface area contributed by atoms with Gasteiger partial charge in [-0.15, -0.1) is 0 Å². The molecule has 1 saturated heterocycles. The first kappa shape index (κ1) is 27.3. The third kappa shape index (κ3) is 5.93. The molecule has 194 valence electrons. The summed E-state index contributed by atoms with van der Waals surface area (Å²) in [5.41, 5.74) is -1.81. The molecule has 1 aromatic carbocycles. The molecule has 2 amide bonds. The van der Waals surface area contributed by atoms with E-state index in [9.17, 15) is 14.7 Å². The van der Waals surface area contributed by atoms with Crippen molar-refractivity contribution in [2.24, 2.45) is 0 Å². The fourth-order valence-corrected chi connectivity index (χ4v) is 3.30. The fourth-order valence-electron chi connectivity index (χ4n) is 3.30. The van der Waals surface area contributed by atoms with Crippen molar-refractivity contribution in [2.45, 2.75) is 78.7 Å². The highest BCUT2D eigenvalue weighted by Crippen LogP contribution is 2.37. The number of carbonyl (C=O) groups is 2. The first-order valence-electron chi connectivity index (χ1n) is 11.4. The summed E-state index contributed by atoms with van der Waals surface area (Å²) in [4.78, 5) is 33.1. The van der Waals surface area contributed by atoms with Gasteiger partial charge in [0.1, 0.15) is 5.60 Å². The predicted octanol–water partition coefficient (Wildman–Crippen LogP) is 4.43. The van der Waals surface area contributed by atoms with E-state index in [1.54, 1.807) is 33.8 Å². The number of carboxylic acid groups (broad SMARTS) is 1. The number of aryl methyl sites for hydroxylation is 1. The largest absolute Gasteiger partial charge is 0.495 e. The molecule has 1 aromatic heterocycles. The van der Waals surface area contributed by atoms with Gasteiger partial charge in [-0.25, -0.2) is 28.8 Å². The molecule has 0 saturated carbocycles. The molecule has 10 nitrogen and oxygen atoms in total. The lowest BCUT2D eigenvalue weighted by atomic mass is 9.75. The van der Waals surface area contributed by atoms with E-state index in [0.29, 0.717) is 10.6 Å². The van der Waals surface area contributed by atoms with Gasteiger partial charge in [0.15, 0.2) is 11.6 Å². The maximum Gasteiger partial charge on any atom is 0.495 e. The van der Waals surface area contributed by atoms with Crippen LogP contribution in [0.2, 0.25) is 0 Å². The molecule has 2 aromatic rings. The minimum atomic E-state index is -1.61. The molecule has 0 bridgehead atoms. The summed E-state index contributed by atoms with van der Waals surface area (Å²) in [6, 6.07) is 4.41. The summed E-state index contributed by atoms with van der Waals surface area (Å²) < 4.78 is 38.8. The van der Waals surface area contributed by atoms with E-state index in [4.69, 9.17) is 18.8 Å². The number of ether oxygens (including phenoxy) is 2. The van der Waals surface area contributed by atoms with E-state index >= 15 is 4.39 Å². The number of hydrogen-bond donors (Lipinski definition) is 1. The van der Waals surface area contributed by atoms with Crippen LogP contribution >= 0.6 is 0 Å². The highest BCUT2D eigenvalue weighted by atomic mass is 19.1. The second-order valence-corrected chi connectivity index (χ2v) is 10.5. The number of nitrogens with zero attached hydrogens (tertiary/aromatic N) is 3. The maximum absolute atomic E-state index is 15.9. The van der Waals surface area contributed by atoms with Gasteiger partial charge in [0.2, 0.25) is 0 Å². The molecule has 0 radical (unpaired) electrons. The van der Waals surface area contributed by atoms with Gasteiger partial charge >= 0.3 is 25.3 Å². The number of hydrogen-bond acceptors (Lipinski definition) is 8. The zero-order valence-electron chi connectivity index (χ0n) is 21.7. The van der Waals surface area contributed by atoms with Crippen molar-refractivity contribution in [1.29, 1.82) is 0 Å². The fraction of sp³-hybridized carbons (Fsp3) is 0.500. The normalized spacial score (nSPS) is 16.5. The van der Waals surface area contributed by atoms with Crippen LogP contribution in [0.4, 0.5) is 14.0 Å². The van der Waals surface area contributed by atoms with E-state index in [2.05, 4.69) is 9.97 Å². The quantitative estimate of drug-likeness (QED) is 0.591. The average Bonchev–Trinajstić information content (AvgIpc) is 2.93. The van der Waals surface area contributed by atoms with Crippen LogP contribution in [0.25, 0.3) is 0 Å². The van der Waals surface area contributed by atoms with Crippen LogP contribution in [0, 0.1) is 12.7 Å². The van der Waals surface area contributed by atoms with E-state index in [1.807, 2.05) is 27.7 Å². The van der Waals surface area contributed by atoms with Crippen molar-refractivity contribution in [1.82, 2.24) is 14.9 Å². The number of aromatic nitrogens is 2. The Hall–Kier alpha value is -3.25. The van der Waals surface area contributed by atoms with Crippen molar-refractivity contribution < 1.29 is 37.9 Å². The van der Waals surface area contributed by atoms with Crippen molar-refractivity contribution in [2.75, 3.05) is 0 Å². The Morgan fingerprint density at radius 2 is 1.75 bits per heavy atom. The standard InChI is InChI=1S/C24H31BFN3O7/c1-14-11-12-27-19(28-14)33-17-10-9-16(25-35-23(5,6)24(7,8)36-25)15(18(17)26)13-29(20(30)31)21(32)34-22(2,3)4/h9-12H,13H2,1-8H3,(H,30,31). The van der Waals surface area contributed by atoms with Crippen LogP contribution in [0.3, 0.4) is 0 Å². The Bertz CT molecular complexity index is 1150. The van der Waals surface area contributed by atoms with Crippen molar-refractivity contribution in [3.63, 3.8) is 0 Å². The van der Waals surface area contributed by atoms with E-state index < -0.39 is 48.5 Å². The maximum atomic E-state index is 15.9. The lowest BCUT2D eigenvalue weighted by Crippen LogP contribution is -2.43. The Balaban J connectivity index is 2.07. The van der Waals surface area contributed by atoms with Crippen LogP contribution in [0.5, 0.6) is 11.8 Å². The summed E-state index contributed by atoms with van der Waals surface area (Å²) in [5.74, 6) is -1.17. The van der Waals surface area contributed by atoms with Crippen LogP contribution in [0.15, 0.2) is 24.4 Å². The first-order valence-corrected chi connectivity index (χ1v) is 11.4. The molecule has 2 heterocycles. The van der Waals surface area contributed by atoms with E-state index in [-0.39, 0.29) is 22.8 Å².